The molecule has 2 aromatic rings. The Balaban J connectivity index is 1.59. The van der Waals surface area contributed by atoms with Gasteiger partial charge < -0.3 is 4.90 Å². The summed E-state index contributed by atoms with van der Waals surface area (Å²) in [7, 11) is 1.78. The van der Waals surface area contributed by atoms with Crippen molar-refractivity contribution in [1.82, 2.24) is 4.90 Å². The highest BCUT2D eigenvalue weighted by Crippen LogP contribution is 2.61. The van der Waals surface area contributed by atoms with E-state index in [1.165, 1.54) is 4.90 Å². The zero-order valence-corrected chi connectivity index (χ0v) is 16.8. The van der Waals surface area contributed by atoms with E-state index in [-0.39, 0.29) is 23.8 Å². The number of hydrogen-bond acceptors (Lipinski definition) is 4. The third-order valence-electron chi connectivity index (χ3n) is 7.54. The van der Waals surface area contributed by atoms with Crippen LogP contribution in [-0.2, 0) is 19.9 Å². The lowest BCUT2D eigenvalue weighted by Gasteiger charge is -2.42. The SMILES string of the molecule is CN1C(=O)[C@]2(c3ccccc31)[C@@H]1C(=O)N(c3ccccc3)C(=O)[C@@H]1[C@H]1CCCCN12. The molecule has 0 bridgehead atoms. The number of anilines is 2. The summed E-state index contributed by atoms with van der Waals surface area (Å²) < 4.78 is 0. The molecule has 6 rings (SSSR count). The van der Waals surface area contributed by atoms with Crippen LogP contribution in [0.1, 0.15) is 24.8 Å². The average Bonchev–Trinajstić information content (AvgIpc) is 3.32. The summed E-state index contributed by atoms with van der Waals surface area (Å²) in [6.45, 7) is 0.734. The van der Waals surface area contributed by atoms with Crippen LogP contribution < -0.4 is 9.80 Å². The molecule has 0 radical (unpaired) electrons. The summed E-state index contributed by atoms with van der Waals surface area (Å²) in [5, 5.41) is 0. The lowest BCUT2D eigenvalue weighted by Crippen LogP contribution is -2.57. The number of carbonyl (C=O) groups is 3. The first-order valence-electron chi connectivity index (χ1n) is 10.7. The minimum absolute atomic E-state index is 0.0841. The number of imide groups is 1. The molecule has 6 nitrogen and oxygen atoms in total. The summed E-state index contributed by atoms with van der Waals surface area (Å²) >= 11 is 0. The minimum atomic E-state index is -1.09. The van der Waals surface area contributed by atoms with E-state index >= 15 is 0 Å². The predicted molar refractivity (Wildman–Crippen MR) is 112 cm³/mol. The van der Waals surface area contributed by atoms with Crippen LogP contribution in [0, 0.1) is 11.8 Å². The van der Waals surface area contributed by atoms with Gasteiger partial charge in [0.05, 0.1) is 17.5 Å². The van der Waals surface area contributed by atoms with Crippen LogP contribution in [-0.4, -0.2) is 42.3 Å². The number of rotatable bonds is 1. The Morgan fingerprint density at radius 3 is 2.43 bits per heavy atom. The number of fused-ring (bicyclic) bond motifs is 7. The number of likely N-dealkylation sites (N-methyl/N-ethyl adjacent to an activating group) is 1. The van der Waals surface area contributed by atoms with Crippen molar-refractivity contribution in [2.45, 2.75) is 30.8 Å². The zero-order chi connectivity index (χ0) is 20.6. The molecule has 0 aromatic heterocycles. The van der Waals surface area contributed by atoms with Crippen molar-refractivity contribution < 1.29 is 14.4 Å². The summed E-state index contributed by atoms with van der Waals surface area (Å²) in [4.78, 5) is 46.6. The van der Waals surface area contributed by atoms with Crippen molar-refractivity contribution in [3.05, 3.63) is 60.2 Å². The van der Waals surface area contributed by atoms with Gasteiger partial charge in [0, 0.05) is 24.3 Å². The van der Waals surface area contributed by atoms with Crippen LogP contribution in [0.5, 0.6) is 0 Å². The van der Waals surface area contributed by atoms with Gasteiger partial charge in [-0.2, -0.15) is 0 Å². The molecule has 1 spiro atoms. The number of benzene rings is 2. The lowest BCUT2D eigenvalue weighted by molar-refractivity contribution is -0.138. The van der Waals surface area contributed by atoms with Gasteiger partial charge in [0.2, 0.25) is 11.8 Å². The molecule has 3 amide bonds. The average molecular weight is 401 g/mol. The van der Waals surface area contributed by atoms with Crippen LogP contribution in [0.25, 0.3) is 0 Å². The maximum absolute atomic E-state index is 13.9. The van der Waals surface area contributed by atoms with Crippen molar-refractivity contribution in [3.63, 3.8) is 0 Å². The van der Waals surface area contributed by atoms with Crippen LogP contribution in [0.4, 0.5) is 11.4 Å². The molecule has 4 heterocycles. The second kappa shape index (κ2) is 6.01. The van der Waals surface area contributed by atoms with Gasteiger partial charge in [-0.05, 0) is 37.6 Å². The Labute approximate surface area is 175 Å². The summed E-state index contributed by atoms with van der Waals surface area (Å²) in [6.07, 6.45) is 2.82. The van der Waals surface area contributed by atoms with E-state index in [0.717, 1.165) is 37.1 Å². The van der Waals surface area contributed by atoms with Crippen molar-refractivity contribution >= 4 is 29.1 Å². The molecule has 0 aliphatic carbocycles. The molecule has 6 heteroatoms. The molecule has 2 aromatic carbocycles. The number of amides is 3. The maximum Gasteiger partial charge on any atom is 0.252 e. The van der Waals surface area contributed by atoms with E-state index in [2.05, 4.69) is 4.90 Å². The zero-order valence-electron chi connectivity index (χ0n) is 16.8. The van der Waals surface area contributed by atoms with Gasteiger partial charge in [0.1, 0.15) is 5.54 Å². The van der Waals surface area contributed by atoms with E-state index in [1.807, 2.05) is 42.5 Å². The van der Waals surface area contributed by atoms with E-state index in [1.54, 1.807) is 24.1 Å². The first-order chi connectivity index (χ1) is 14.6. The van der Waals surface area contributed by atoms with Gasteiger partial charge in [-0.25, -0.2) is 4.90 Å². The normalized spacial score (nSPS) is 32.7. The minimum Gasteiger partial charge on any atom is -0.313 e. The van der Waals surface area contributed by atoms with Crippen LogP contribution in [0.15, 0.2) is 54.6 Å². The van der Waals surface area contributed by atoms with Crippen molar-refractivity contribution in [2.24, 2.45) is 11.8 Å². The highest BCUT2D eigenvalue weighted by Gasteiger charge is 2.74. The van der Waals surface area contributed by atoms with Crippen LogP contribution in [0.3, 0.4) is 0 Å². The van der Waals surface area contributed by atoms with Crippen LogP contribution >= 0.6 is 0 Å². The molecule has 152 valence electrons. The number of nitrogens with zero attached hydrogens (tertiary/aromatic N) is 3. The Hall–Kier alpha value is -2.99. The lowest BCUT2D eigenvalue weighted by atomic mass is 9.76. The molecular formula is C24H23N3O3. The molecule has 0 saturated carbocycles. The molecule has 30 heavy (non-hydrogen) atoms. The van der Waals surface area contributed by atoms with Gasteiger partial charge in [-0.15, -0.1) is 0 Å². The highest BCUT2D eigenvalue weighted by atomic mass is 16.2. The second-order valence-electron chi connectivity index (χ2n) is 8.76. The number of para-hydroxylation sites is 2. The fraction of sp³-hybridized carbons (Fsp3) is 0.375. The van der Waals surface area contributed by atoms with Gasteiger partial charge in [0.15, 0.2) is 0 Å². The first-order valence-corrected chi connectivity index (χ1v) is 10.7. The number of carbonyl (C=O) groups excluding carboxylic acids is 3. The molecule has 0 N–H and O–H groups in total. The van der Waals surface area contributed by atoms with Gasteiger partial charge in [-0.1, -0.05) is 42.8 Å². The third kappa shape index (κ3) is 1.90. The van der Waals surface area contributed by atoms with E-state index in [4.69, 9.17) is 0 Å². The quantitative estimate of drug-likeness (QED) is 0.689. The molecule has 0 unspecified atom stereocenters. The molecule has 3 saturated heterocycles. The summed E-state index contributed by atoms with van der Waals surface area (Å²) in [6, 6.07) is 16.8. The van der Waals surface area contributed by atoms with Gasteiger partial charge >= 0.3 is 0 Å². The fourth-order valence-electron chi connectivity index (χ4n) is 6.44. The van der Waals surface area contributed by atoms with Gasteiger partial charge in [-0.3, -0.25) is 19.3 Å². The Bertz CT molecular complexity index is 1080. The first kappa shape index (κ1) is 17.8. The smallest absolute Gasteiger partial charge is 0.252 e. The Kier molecular flexibility index (Phi) is 3.58. The van der Waals surface area contributed by atoms with Crippen LogP contribution in [0.2, 0.25) is 0 Å². The predicted octanol–water partition coefficient (Wildman–Crippen LogP) is 2.53. The number of piperidine rings is 1. The van der Waals surface area contributed by atoms with Crippen molar-refractivity contribution in [3.8, 4) is 0 Å². The molecular weight excluding hydrogens is 378 g/mol. The molecule has 3 fully saturated rings. The fourth-order valence-corrected chi connectivity index (χ4v) is 6.44. The van der Waals surface area contributed by atoms with E-state index in [0.29, 0.717) is 5.69 Å². The van der Waals surface area contributed by atoms with Gasteiger partial charge in [0.25, 0.3) is 5.91 Å². The Morgan fingerprint density at radius 2 is 1.63 bits per heavy atom. The number of hydrogen-bond donors (Lipinski definition) is 0. The summed E-state index contributed by atoms with van der Waals surface area (Å²) in [5.74, 6) is -1.67. The van der Waals surface area contributed by atoms with Crippen molar-refractivity contribution in [1.29, 1.82) is 0 Å². The second-order valence-corrected chi connectivity index (χ2v) is 8.76. The van der Waals surface area contributed by atoms with E-state index in [9.17, 15) is 14.4 Å². The van der Waals surface area contributed by atoms with Crippen molar-refractivity contribution in [2.75, 3.05) is 23.4 Å². The molecule has 4 aliphatic rings. The monoisotopic (exact) mass is 401 g/mol. The highest BCUT2D eigenvalue weighted by molar-refractivity contribution is 6.26. The molecule has 4 aliphatic heterocycles. The molecule has 4 atom stereocenters. The largest absolute Gasteiger partial charge is 0.313 e. The summed E-state index contributed by atoms with van der Waals surface area (Å²) in [5.41, 5.74) is 1.21. The third-order valence-corrected chi connectivity index (χ3v) is 7.54. The topological polar surface area (TPSA) is 60.9 Å². The van der Waals surface area contributed by atoms with E-state index < -0.39 is 17.4 Å². The Morgan fingerprint density at radius 1 is 0.900 bits per heavy atom. The maximum atomic E-state index is 13.9. The standard InChI is InChI=1S/C24H23N3O3/c1-25-17-12-6-5-11-16(17)24(23(25)30)20-19(18-13-7-8-14-26(18)24)21(28)27(22(20)29)15-9-3-2-4-10-15/h2-6,9-12,18-20H,7-8,13-14H2,1H3/t18-,19-,20+,24+/m1/s1.